The molecule has 0 aromatic heterocycles. The maximum atomic E-state index is 11.4. The molecule has 100 valence electrons. The van der Waals surface area contributed by atoms with Gasteiger partial charge in [0, 0.05) is 18.5 Å². The van der Waals surface area contributed by atoms with Crippen LogP contribution >= 0.6 is 0 Å². The van der Waals surface area contributed by atoms with Crippen molar-refractivity contribution in [2.75, 3.05) is 20.1 Å². The highest BCUT2D eigenvalue weighted by Crippen LogP contribution is 2.37. The lowest BCUT2D eigenvalue weighted by molar-refractivity contribution is -0.119. The molecule has 3 heteroatoms. The molecule has 1 atom stereocenters. The predicted molar refractivity (Wildman–Crippen MR) is 69.9 cm³/mol. The van der Waals surface area contributed by atoms with Crippen LogP contribution < -0.4 is 0 Å². The summed E-state index contributed by atoms with van der Waals surface area (Å²) >= 11 is 0. The lowest BCUT2D eigenvalue weighted by Crippen LogP contribution is -2.40. The third kappa shape index (κ3) is 4.76. The zero-order valence-electron chi connectivity index (χ0n) is 11.5. The van der Waals surface area contributed by atoms with Crippen molar-refractivity contribution in [3.63, 3.8) is 0 Å². The van der Waals surface area contributed by atoms with E-state index in [0.717, 1.165) is 38.3 Å². The van der Waals surface area contributed by atoms with E-state index >= 15 is 0 Å². The van der Waals surface area contributed by atoms with Crippen LogP contribution in [-0.4, -0.2) is 42.5 Å². The number of rotatable bonds is 6. The van der Waals surface area contributed by atoms with Crippen LogP contribution in [0.3, 0.4) is 0 Å². The fraction of sp³-hybridized carbons (Fsp3) is 0.929. The van der Waals surface area contributed by atoms with Crippen LogP contribution in [0, 0.1) is 11.3 Å². The number of carbonyl (C=O) groups excluding carboxylic acids is 1. The molecule has 0 aromatic rings. The van der Waals surface area contributed by atoms with Gasteiger partial charge < -0.3 is 14.8 Å². The standard InChI is InChI=1S/C14H27NO2/c1-12-4-7-14(11-16,8-5-12)10-15(3)9-6-13(2)17/h11-13,17H,4-10H2,1-3H3. The van der Waals surface area contributed by atoms with Gasteiger partial charge in [-0.05, 0) is 52.0 Å². The van der Waals surface area contributed by atoms with Crippen molar-refractivity contribution in [1.82, 2.24) is 4.90 Å². The van der Waals surface area contributed by atoms with Gasteiger partial charge in [-0.1, -0.05) is 6.92 Å². The zero-order valence-corrected chi connectivity index (χ0v) is 11.5. The smallest absolute Gasteiger partial charge is 0.127 e. The maximum absolute atomic E-state index is 11.4. The third-order valence-corrected chi connectivity index (χ3v) is 4.03. The average Bonchev–Trinajstić information content (AvgIpc) is 2.30. The van der Waals surface area contributed by atoms with Gasteiger partial charge in [0.2, 0.25) is 0 Å². The Kier molecular flexibility index (Phi) is 5.60. The monoisotopic (exact) mass is 241 g/mol. The van der Waals surface area contributed by atoms with Crippen LogP contribution in [0.4, 0.5) is 0 Å². The van der Waals surface area contributed by atoms with Crippen LogP contribution in [0.1, 0.15) is 46.0 Å². The molecule has 0 radical (unpaired) electrons. The summed E-state index contributed by atoms with van der Waals surface area (Å²) in [7, 11) is 2.05. The fourth-order valence-corrected chi connectivity index (χ4v) is 2.67. The van der Waals surface area contributed by atoms with Crippen LogP contribution in [0.5, 0.6) is 0 Å². The van der Waals surface area contributed by atoms with E-state index in [1.165, 1.54) is 19.1 Å². The van der Waals surface area contributed by atoms with Gasteiger partial charge in [0.15, 0.2) is 0 Å². The molecule has 17 heavy (non-hydrogen) atoms. The molecule has 1 N–H and O–H groups in total. The minimum atomic E-state index is -0.254. The minimum Gasteiger partial charge on any atom is -0.393 e. The molecule has 3 nitrogen and oxygen atoms in total. The van der Waals surface area contributed by atoms with E-state index in [1.54, 1.807) is 0 Å². The quantitative estimate of drug-likeness (QED) is 0.724. The second kappa shape index (κ2) is 6.50. The topological polar surface area (TPSA) is 40.5 Å². The van der Waals surface area contributed by atoms with E-state index in [-0.39, 0.29) is 11.5 Å². The second-order valence-corrected chi connectivity index (χ2v) is 6.04. The molecule has 1 saturated carbocycles. The first-order chi connectivity index (χ1) is 7.97. The average molecular weight is 241 g/mol. The Hall–Kier alpha value is -0.410. The molecule has 1 aliphatic carbocycles. The lowest BCUT2D eigenvalue weighted by atomic mass is 9.71. The van der Waals surface area contributed by atoms with Crippen molar-refractivity contribution in [3.05, 3.63) is 0 Å². The first-order valence-electron chi connectivity index (χ1n) is 6.80. The van der Waals surface area contributed by atoms with E-state index in [1.807, 2.05) is 14.0 Å². The molecule has 1 aliphatic rings. The van der Waals surface area contributed by atoms with Crippen molar-refractivity contribution in [3.8, 4) is 0 Å². The molecule has 0 saturated heterocycles. The minimum absolute atomic E-state index is 0.125. The number of carbonyl (C=O) groups is 1. The lowest BCUT2D eigenvalue weighted by Gasteiger charge is -2.37. The summed E-state index contributed by atoms with van der Waals surface area (Å²) < 4.78 is 0. The Morgan fingerprint density at radius 3 is 2.53 bits per heavy atom. The summed E-state index contributed by atoms with van der Waals surface area (Å²) in [5.74, 6) is 0.769. The van der Waals surface area contributed by atoms with Crippen LogP contribution in [0.2, 0.25) is 0 Å². The van der Waals surface area contributed by atoms with E-state index < -0.39 is 0 Å². The Morgan fingerprint density at radius 2 is 2.06 bits per heavy atom. The molecule has 0 heterocycles. The number of hydrogen-bond acceptors (Lipinski definition) is 3. The molecule has 0 amide bonds. The fourth-order valence-electron chi connectivity index (χ4n) is 2.67. The van der Waals surface area contributed by atoms with E-state index in [2.05, 4.69) is 11.8 Å². The van der Waals surface area contributed by atoms with Crippen LogP contribution in [0.15, 0.2) is 0 Å². The molecule has 1 rings (SSSR count). The Balaban J connectivity index is 2.43. The summed E-state index contributed by atoms with van der Waals surface area (Å²) in [6, 6.07) is 0. The van der Waals surface area contributed by atoms with Gasteiger partial charge in [0.25, 0.3) is 0 Å². The summed E-state index contributed by atoms with van der Waals surface area (Å²) in [6.07, 6.45) is 6.09. The number of aliphatic hydroxyl groups excluding tert-OH is 1. The van der Waals surface area contributed by atoms with Gasteiger partial charge in [-0.2, -0.15) is 0 Å². The first-order valence-corrected chi connectivity index (χ1v) is 6.80. The largest absolute Gasteiger partial charge is 0.393 e. The number of hydrogen-bond donors (Lipinski definition) is 1. The SMILES string of the molecule is CC(O)CCN(C)CC1(C=O)CCC(C)CC1. The number of aliphatic hydroxyl groups is 1. The number of aldehydes is 1. The van der Waals surface area contributed by atoms with Gasteiger partial charge in [-0.25, -0.2) is 0 Å². The summed E-state index contributed by atoms with van der Waals surface area (Å²) in [5, 5.41) is 9.27. The van der Waals surface area contributed by atoms with E-state index in [4.69, 9.17) is 0 Å². The third-order valence-electron chi connectivity index (χ3n) is 4.03. The normalized spacial score (nSPS) is 31.5. The van der Waals surface area contributed by atoms with Gasteiger partial charge in [0.1, 0.15) is 6.29 Å². The first kappa shape index (κ1) is 14.7. The van der Waals surface area contributed by atoms with Gasteiger partial charge in [-0.3, -0.25) is 0 Å². The molecule has 0 spiro atoms. The van der Waals surface area contributed by atoms with Crippen molar-refractivity contribution in [2.24, 2.45) is 11.3 Å². The Bertz CT molecular complexity index is 232. The summed E-state index contributed by atoms with van der Waals surface area (Å²) in [6.45, 7) is 5.79. The van der Waals surface area contributed by atoms with Crippen molar-refractivity contribution in [2.45, 2.75) is 52.1 Å². The highest BCUT2D eigenvalue weighted by Gasteiger charge is 2.34. The van der Waals surface area contributed by atoms with Crippen molar-refractivity contribution >= 4 is 6.29 Å². The van der Waals surface area contributed by atoms with Crippen molar-refractivity contribution < 1.29 is 9.90 Å². The zero-order chi connectivity index (χ0) is 12.9. The molecule has 0 aromatic carbocycles. The number of nitrogens with zero attached hydrogens (tertiary/aromatic N) is 1. The second-order valence-electron chi connectivity index (χ2n) is 6.04. The molecule has 1 unspecified atom stereocenters. The predicted octanol–water partition coefficient (Wildman–Crippen LogP) is 2.08. The van der Waals surface area contributed by atoms with E-state index in [0.29, 0.717) is 0 Å². The van der Waals surface area contributed by atoms with Crippen molar-refractivity contribution in [1.29, 1.82) is 0 Å². The molecular weight excluding hydrogens is 214 g/mol. The maximum Gasteiger partial charge on any atom is 0.127 e. The van der Waals surface area contributed by atoms with Gasteiger partial charge in [0.05, 0.1) is 6.10 Å². The molecule has 1 fully saturated rings. The highest BCUT2D eigenvalue weighted by molar-refractivity contribution is 5.60. The molecule has 0 aliphatic heterocycles. The van der Waals surface area contributed by atoms with Crippen LogP contribution in [-0.2, 0) is 4.79 Å². The Morgan fingerprint density at radius 1 is 1.47 bits per heavy atom. The van der Waals surface area contributed by atoms with Crippen LogP contribution in [0.25, 0.3) is 0 Å². The van der Waals surface area contributed by atoms with Gasteiger partial charge >= 0.3 is 0 Å². The Labute approximate surface area is 105 Å². The highest BCUT2D eigenvalue weighted by atomic mass is 16.3. The summed E-state index contributed by atoms with van der Waals surface area (Å²) in [4.78, 5) is 13.6. The molecular formula is C14H27NO2. The molecule has 0 bridgehead atoms. The van der Waals surface area contributed by atoms with Gasteiger partial charge in [-0.15, -0.1) is 0 Å². The van der Waals surface area contributed by atoms with E-state index in [9.17, 15) is 9.90 Å². The summed E-state index contributed by atoms with van der Waals surface area (Å²) in [5.41, 5.74) is -0.125.